The summed E-state index contributed by atoms with van der Waals surface area (Å²) in [5, 5.41) is 4.49. The van der Waals surface area contributed by atoms with E-state index in [2.05, 4.69) is 28.4 Å². The maximum atomic E-state index is 12.6. The Labute approximate surface area is 169 Å². The van der Waals surface area contributed by atoms with Crippen molar-refractivity contribution in [3.63, 3.8) is 0 Å². The van der Waals surface area contributed by atoms with E-state index in [9.17, 15) is 9.00 Å². The average Bonchev–Trinajstić information content (AvgIpc) is 3.07. The molecule has 7 heteroatoms. The maximum Gasteiger partial charge on any atom is 0.317 e. The first kappa shape index (κ1) is 19.5. The minimum Gasteiger partial charge on any atom is -0.361 e. The number of aromatic amines is 1. The van der Waals surface area contributed by atoms with E-state index >= 15 is 0 Å². The van der Waals surface area contributed by atoms with Gasteiger partial charge in [0, 0.05) is 65.9 Å². The molecule has 1 saturated heterocycles. The number of hydrogen-bond acceptors (Lipinski definition) is 3. The molecule has 0 spiro atoms. The molecular weight excluding hydrogens is 372 g/mol. The van der Waals surface area contributed by atoms with Gasteiger partial charge in [-0.05, 0) is 57.0 Å². The highest BCUT2D eigenvalue weighted by Crippen LogP contribution is 2.45. The molecule has 1 aromatic heterocycles. The first-order valence-electron chi connectivity index (χ1n) is 10.2. The fraction of sp³-hybridized carbons (Fsp3) is 0.571. The van der Waals surface area contributed by atoms with Crippen LogP contribution in [-0.2, 0) is 17.2 Å². The first-order chi connectivity index (χ1) is 13.4. The fourth-order valence-electron chi connectivity index (χ4n) is 5.13. The van der Waals surface area contributed by atoms with E-state index in [0.29, 0.717) is 19.1 Å². The van der Waals surface area contributed by atoms with Crippen LogP contribution in [0.4, 0.5) is 4.79 Å². The van der Waals surface area contributed by atoms with Gasteiger partial charge in [-0.2, -0.15) is 0 Å². The quantitative estimate of drug-likeness (QED) is 0.826. The molecule has 4 rings (SSSR count). The van der Waals surface area contributed by atoms with Crippen LogP contribution >= 0.6 is 0 Å². The van der Waals surface area contributed by atoms with Crippen molar-refractivity contribution in [3.05, 3.63) is 29.5 Å². The number of benzene rings is 1. The van der Waals surface area contributed by atoms with E-state index in [-0.39, 0.29) is 18.0 Å². The Balaban J connectivity index is 1.70. The zero-order valence-corrected chi connectivity index (χ0v) is 17.9. The molecule has 4 atom stereocenters. The van der Waals surface area contributed by atoms with Crippen LogP contribution in [0.15, 0.2) is 23.2 Å². The Bertz CT molecular complexity index is 921. The number of carbonyl (C=O) groups excluding carboxylic acids is 1. The van der Waals surface area contributed by atoms with Gasteiger partial charge in [0.2, 0.25) is 0 Å². The highest BCUT2D eigenvalue weighted by Gasteiger charge is 2.41. The summed E-state index contributed by atoms with van der Waals surface area (Å²) in [6, 6.07) is 4.53. The van der Waals surface area contributed by atoms with E-state index in [4.69, 9.17) is 0 Å². The molecule has 2 aliphatic rings. The molecule has 6 nitrogen and oxygen atoms in total. The molecule has 2 unspecified atom stereocenters. The van der Waals surface area contributed by atoms with Crippen LogP contribution in [0, 0.1) is 0 Å². The van der Waals surface area contributed by atoms with Crippen LogP contribution in [0.2, 0.25) is 0 Å². The summed E-state index contributed by atoms with van der Waals surface area (Å²) in [4.78, 5) is 21.1. The van der Waals surface area contributed by atoms with Crippen molar-refractivity contribution >= 4 is 27.7 Å². The normalized spacial score (nSPS) is 25.4. The zero-order valence-electron chi connectivity index (χ0n) is 17.1. The molecular formula is C21H30N4O2S. The second kappa shape index (κ2) is 7.52. The van der Waals surface area contributed by atoms with Crippen molar-refractivity contribution in [3.8, 4) is 0 Å². The standard InChI is InChI=1S/C21H30N4O2S/c1-5-25(6-2)21(26)23-14-10-15-17(24(3)12-14)9-13-11-22-16-7-8-18(28(4)27)20(15)19(13)16/h7-8,11,14-15,17,22H,5-6,9-10,12H2,1-4H3,(H,23,26)/t14-,15?,17+,28?/m0/s1. The number of fused-ring (bicyclic) bond motifs is 2. The largest absolute Gasteiger partial charge is 0.361 e. The number of urea groups is 1. The molecule has 0 bridgehead atoms. The number of nitrogens with zero attached hydrogens (tertiary/aromatic N) is 2. The van der Waals surface area contributed by atoms with Crippen molar-refractivity contribution in [2.75, 3.05) is 32.9 Å². The third kappa shape index (κ3) is 3.14. The topological polar surface area (TPSA) is 68.4 Å². The molecule has 0 radical (unpaired) electrons. The molecule has 28 heavy (non-hydrogen) atoms. The molecule has 0 saturated carbocycles. The van der Waals surface area contributed by atoms with Crippen LogP contribution in [-0.4, -0.2) is 70.0 Å². The Morgan fingerprint density at radius 1 is 1.36 bits per heavy atom. The van der Waals surface area contributed by atoms with Gasteiger partial charge in [0.25, 0.3) is 0 Å². The van der Waals surface area contributed by atoms with Crippen molar-refractivity contribution in [2.45, 2.75) is 49.6 Å². The number of likely N-dealkylation sites (N-methyl/N-ethyl adjacent to an activating group) is 1. The van der Waals surface area contributed by atoms with Gasteiger partial charge in [-0.25, -0.2) is 4.79 Å². The second-order valence-corrected chi connectivity index (χ2v) is 9.39. The monoisotopic (exact) mass is 402 g/mol. The number of aromatic nitrogens is 1. The van der Waals surface area contributed by atoms with Crippen LogP contribution in [0.25, 0.3) is 10.9 Å². The summed E-state index contributed by atoms with van der Waals surface area (Å²) in [6.45, 7) is 6.27. The molecule has 2 aromatic rings. The molecule has 1 aliphatic carbocycles. The summed E-state index contributed by atoms with van der Waals surface area (Å²) in [6.07, 6.45) is 5.75. The van der Waals surface area contributed by atoms with E-state index in [1.807, 2.05) is 30.9 Å². The number of carbonyl (C=O) groups is 1. The zero-order chi connectivity index (χ0) is 20.0. The third-order valence-corrected chi connectivity index (χ3v) is 7.47. The molecule has 2 heterocycles. The average molecular weight is 403 g/mol. The van der Waals surface area contributed by atoms with Gasteiger partial charge in [-0.15, -0.1) is 0 Å². The highest BCUT2D eigenvalue weighted by molar-refractivity contribution is 7.84. The number of amides is 2. The van der Waals surface area contributed by atoms with Gasteiger partial charge in [-0.1, -0.05) is 0 Å². The van der Waals surface area contributed by atoms with Crippen LogP contribution in [0.3, 0.4) is 0 Å². The molecule has 2 amide bonds. The number of nitrogens with one attached hydrogen (secondary N) is 2. The van der Waals surface area contributed by atoms with E-state index in [0.717, 1.165) is 29.8 Å². The number of piperidine rings is 1. The van der Waals surface area contributed by atoms with Crippen molar-refractivity contribution in [2.24, 2.45) is 0 Å². The van der Waals surface area contributed by atoms with Gasteiger partial charge in [0.15, 0.2) is 0 Å². The predicted octanol–water partition coefficient (Wildman–Crippen LogP) is 2.67. The Kier molecular flexibility index (Phi) is 5.22. The van der Waals surface area contributed by atoms with E-state index in [1.54, 1.807) is 6.26 Å². The minimum atomic E-state index is -1.04. The summed E-state index contributed by atoms with van der Waals surface area (Å²) >= 11 is 0. The van der Waals surface area contributed by atoms with Crippen molar-refractivity contribution < 1.29 is 9.00 Å². The number of rotatable bonds is 4. The summed E-state index contributed by atoms with van der Waals surface area (Å²) in [7, 11) is 1.11. The molecule has 1 fully saturated rings. The molecule has 2 N–H and O–H groups in total. The Hall–Kier alpha value is -1.86. The lowest BCUT2D eigenvalue weighted by Crippen LogP contribution is -2.56. The summed E-state index contributed by atoms with van der Waals surface area (Å²) in [5.41, 5.74) is 3.66. The van der Waals surface area contributed by atoms with Crippen LogP contribution in [0.5, 0.6) is 0 Å². The molecule has 1 aromatic carbocycles. The predicted molar refractivity (Wildman–Crippen MR) is 113 cm³/mol. The van der Waals surface area contributed by atoms with Crippen LogP contribution in [0.1, 0.15) is 37.3 Å². The van der Waals surface area contributed by atoms with Gasteiger partial charge in [-0.3, -0.25) is 4.21 Å². The summed E-state index contributed by atoms with van der Waals surface area (Å²) < 4.78 is 12.5. The summed E-state index contributed by atoms with van der Waals surface area (Å²) in [5.74, 6) is 0.270. The smallest absolute Gasteiger partial charge is 0.317 e. The molecule has 152 valence electrons. The third-order valence-electron chi connectivity index (χ3n) is 6.49. The van der Waals surface area contributed by atoms with Crippen molar-refractivity contribution in [1.29, 1.82) is 0 Å². The number of hydrogen-bond donors (Lipinski definition) is 2. The van der Waals surface area contributed by atoms with Crippen molar-refractivity contribution in [1.82, 2.24) is 20.1 Å². The molecule has 1 aliphatic heterocycles. The van der Waals surface area contributed by atoms with Gasteiger partial charge in [0.05, 0.1) is 10.8 Å². The Morgan fingerprint density at radius 2 is 2.11 bits per heavy atom. The lowest BCUT2D eigenvalue weighted by molar-refractivity contribution is 0.123. The van der Waals surface area contributed by atoms with E-state index < -0.39 is 10.8 Å². The van der Waals surface area contributed by atoms with Gasteiger partial charge < -0.3 is 20.1 Å². The number of likely N-dealkylation sites (tertiary alicyclic amines) is 1. The number of H-pyrrole nitrogens is 1. The van der Waals surface area contributed by atoms with E-state index in [1.165, 1.54) is 16.5 Å². The fourth-order valence-corrected chi connectivity index (χ4v) is 5.95. The van der Waals surface area contributed by atoms with Gasteiger partial charge in [0.1, 0.15) is 0 Å². The Morgan fingerprint density at radius 3 is 2.79 bits per heavy atom. The van der Waals surface area contributed by atoms with Crippen LogP contribution < -0.4 is 5.32 Å². The SMILES string of the molecule is CCN(CC)C(=O)N[C@H]1CC2c3c(S(C)=O)ccc4[nH]cc(c34)C[C@H]2N(C)C1. The van der Waals surface area contributed by atoms with Gasteiger partial charge >= 0.3 is 6.03 Å². The lowest BCUT2D eigenvalue weighted by Gasteiger charge is -2.46. The highest BCUT2D eigenvalue weighted by atomic mass is 32.2. The second-order valence-electron chi connectivity index (χ2n) is 8.04. The minimum absolute atomic E-state index is 0.0116. The lowest BCUT2D eigenvalue weighted by atomic mass is 9.74. The maximum absolute atomic E-state index is 12.6. The first-order valence-corrected chi connectivity index (χ1v) is 11.7.